The smallest absolute Gasteiger partial charge is 0.338 e. The molecule has 1 fully saturated rings. The van der Waals surface area contributed by atoms with Crippen molar-refractivity contribution in [2.24, 2.45) is 0 Å². The Balaban J connectivity index is 1.39. The van der Waals surface area contributed by atoms with Crippen molar-refractivity contribution in [2.45, 2.75) is 45.4 Å². The van der Waals surface area contributed by atoms with Crippen LogP contribution in [0.5, 0.6) is 5.75 Å². The van der Waals surface area contributed by atoms with Crippen LogP contribution in [0.25, 0.3) is 0 Å². The fraction of sp³-hybridized carbons (Fsp3) is 0.276. The zero-order valence-electron chi connectivity index (χ0n) is 21.8. The minimum absolute atomic E-state index is 0.273. The summed E-state index contributed by atoms with van der Waals surface area (Å²) in [7, 11) is 0. The van der Waals surface area contributed by atoms with Crippen molar-refractivity contribution in [3.63, 3.8) is 0 Å². The van der Waals surface area contributed by atoms with Gasteiger partial charge in [-0.3, -0.25) is 4.79 Å². The largest absolute Gasteiger partial charge is 0.487 e. The highest BCUT2D eigenvalue weighted by Crippen LogP contribution is 2.29. The quantitative estimate of drug-likeness (QED) is 0.294. The molecule has 0 aliphatic carbocycles. The summed E-state index contributed by atoms with van der Waals surface area (Å²) in [4.78, 5) is 40.1. The summed E-state index contributed by atoms with van der Waals surface area (Å²) in [6.07, 6.45) is 0.410. The Hall–Kier alpha value is -3.56. The molecule has 1 unspecified atom stereocenters. The fourth-order valence-corrected chi connectivity index (χ4v) is 4.75. The lowest BCUT2D eigenvalue weighted by atomic mass is 10.1. The zero-order chi connectivity index (χ0) is 28.2. The Labute approximate surface area is 240 Å². The lowest BCUT2D eigenvalue weighted by Gasteiger charge is -2.21. The number of nitrogens with one attached hydrogen (secondary N) is 2. The summed E-state index contributed by atoms with van der Waals surface area (Å²) in [6.45, 7) is 6.03. The van der Waals surface area contributed by atoms with Crippen molar-refractivity contribution in [1.82, 2.24) is 5.32 Å². The molecule has 10 heteroatoms. The SMILES string of the molecule is CC(C)(C)OC(=O)c1cc(Br)cc(N2CCC(NC(=O)Nc3ccccc3OCc3cccc(Cl)c3)C2=O)c1. The van der Waals surface area contributed by atoms with E-state index in [1.165, 1.54) is 0 Å². The Morgan fingerprint density at radius 2 is 1.85 bits per heavy atom. The number of anilines is 2. The van der Waals surface area contributed by atoms with Crippen molar-refractivity contribution >= 4 is 56.8 Å². The first-order chi connectivity index (χ1) is 18.5. The summed E-state index contributed by atoms with van der Waals surface area (Å²) in [6, 6.07) is 18.1. The monoisotopic (exact) mass is 613 g/mol. The third-order valence-electron chi connectivity index (χ3n) is 5.76. The van der Waals surface area contributed by atoms with Crippen LogP contribution in [0.4, 0.5) is 16.2 Å². The molecule has 3 aromatic carbocycles. The molecule has 3 aromatic rings. The Morgan fingerprint density at radius 1 is 1.08 bits per heavy atom. The van der Waals surface area contributed by atoms with Gasteiger partial charge in [-0.1, -0.05) is 51.8 Å². The average molecular weight is 615 g/mol. The van der Waals surface area contributed by atoms with Crippen molar-refractivity contribution < 1.29 is 23.9 Å². The van der Waals surface area contributed by atoms with E-state index in [0.29, 0.717) is 45.1 Å². The number of halogens is 2. The molecular weight excluding hydrogens is 586 g/mol. The van der Waals surface area contributed by atoms with Crippen molar-refractivity contribution in [3.8, 4) is 5.75 Å². The van der Waals surface area contributed by atoms with Gasteiger partial charge < -0.3 is 25.0 Å². The topological polar surface area (TPSA) is 97.0 Å². The van der Waals surface area contributed by atoms with E-state index in [4.69, 9.17) is 21.1 Å². The molecule has 2 N–H and O–H groups in total. The lowest BCUT2D eigenvalue weighted by molar-refractivity contribution is -0.118. The number of urea groups is 1. The predicted molar refractivity (Wildman–Crippen MR) is 154 cm³/mol. The second-order valence-corrected chi connectivity index (χ2v) is 11.4. The third kappa shape index (κ3) is 7.74. The summed E-state index contributed by atoms with van der Waals surface area (Å²) in [5, 5.41) is 6.14. The minimum Gasteiger partial charge on any atom is -0.487 e. The number of ether oxygens (including phenoxy) is 2. The highest BCUT2D eigenvalue weighted by molar-refractivity contribution is 9.10. The molecule has 39 heavy (non-hydrogen) atoms. The van der Waals surface area contributed by atoms with Gasteiger partial charge in [-0.25, -0.2) is 9.59 Å². The molecular formula is C29H29BrClN3O5. The number of benzene rings is 3. The van der Waals surface area contributed by atoms with Crippen LogP contribution in [0, 0.1) is 0 Å². The standard InChI is InChI=1S/C29H29BrClN3O5/c1-29(2,3)39-27(36)19-14-20(30)16-22(15-19)34-12-11-24(26(34)35)33-28(37)32-23-9-4-5-10-25(23)38-17-18-7-6-8-21(31)13-18/h4-10,13-16,24H,11-12,17H2,1-3H3,(H2,32,33,37). The maximum Gasteiger partial charge on any atom is 0.338 e. The van der Waals surface area contributed by atoms with Crippen LogP contribution >= 0.6 is 27.5 Å². The van der Waals surface area contributed by atoms with E-state index in [0.717, 1.165) is 5.56 Å². The molecule has 204 valence electrons. The number of amides is 3. The summed E-state index contributed by atoms with van der Waals surface area (Å²) in [5.41, 5.74) is 1.57. The van der Waals surface area contributed by atoms with Gasteiger partial charge in [0.2, 0.25) is 5.91 Å². The van der Waals surface area contributed by atoms with Crippen molar-refractivity contribution in [3.05, 3.63) is 87.4 Å². The molecule has 3 amide bonds. The molecule has 0 bridgehead atoms. The summed E-state index contributed by atoms with van der Waals surface area (Å²) < 4.78 is 12.0. The number of hydrogen-bond donors (Lipinski definition) is 2. The van der Waals surface area contributed by atoms with Gasteiger partial charge in [-0.15, -0.1) is 0 Å². The number of esters is 1. The van der Waals surface area contributed by atoms with Crippen LogP contribution in [0.1, 0.15) is 43.1 Å². The molecule has 1 aliphatic heterocycles. The number of nitrogens with zero attached hydrogens (tertiary/aromatic N) is 1. The van der Waals surface area contributed by atoms with Crippen LogP contribution in [0.3, 0.4) is 0 Å². The molecule has 0 saturated carbocycles. The molecule has 1 atom stereocenters. The van der Waals surface area contributed by atoms with E-state index in [1.54, 1.807) is 74.2 Å². The van der Waals surface area contributed by atoms with E-state index in [9.17, 15) is 14.4 Å². The number of para-hydroxylation sites is 2. The fourth-order valence-electron chi connectivity index (χ4n) is 4.06. The van der Waals surface area contributed by atoms with E-state index < -0.39 is 23.6 Å². The van der Waals surface area contributed by atoms with Gasteiger partial charge in [0.15, 0.2) is 0 Å². The van der Waals surface area contributed by atoms with Gasteiger partial charge in [0.1, 0.15) is 24.0 Å². The van der Waals surface area contributed by atoms with E-state index in [2.05, 4.69) is 26.6 Å². The molecule has 1 saturated heterocycles. The average Bonchev–Trinajstić information content (AvgIpc) is 3.22. The number of carbonyl (C=O) groups is 3. The Kier molecular flexibility index (Phi) is 8.82. The first kappa shape index (κ1) is 28.4. The third-order valence-corrected chi connectivity index (χ3v) is 6.45. The molecule has 1 aliphatic rings. The Bertz CT molecular complexity index is 1390. The molecule has 0 spiro atoms. The van der Waals surface area contributed by atoms with Gasteiger partial charge in [-0.05, 0) is 75.2 Å². The highest BCUT2D eigenvalue weighted by Gasteiger charge is 2.34. The van der Waals surface area contributed by atoms with Crippen LogP contribution in [-0.4, -0.2) is 36.1 Å². The molecule has 0 radical (unpaired) electrons. The Morgan fingerprint density at radius 3 is 2.59 bits per heavy atom. The maximum absolute atomic E-state index is 13.2. The molecule has 0 aromatic heterocycles. The number of rotatable bonds is 7. The van der Waals surface area contributed by atoms with Crippen LogP contribution < -0.4 is 20.3 Å². The van der Waals surface area contributed by atoms with Gasteiger partial charge >= 0.3 is 12.0 Å². The molecule has 1 heterocycles. The first-order valence-corrected chi connectivity index (χ1v) is 13.5. The summed E-state index contributed by atoms with van der Waals surface area (Å²) in [5.74, 6) is -0.276. The van der Waals surface area contributed by atoms with E-state index in [1.807, 2.05) is 18.2 Å². The highest BCUT2D eigenvalue weighted by atomic mass is 79.9. The van der Waals surface area contributed by atoms with Crippen molar-refractivity contribution in [2.75, 3.05) is 16.8 Å². The van der Waals surface area contributed by atoms with Crippen LogP contribution in [0.15, 0.2) is 71.2 Å². The van der Waals surface area contributed by atoms with E-state index in [-0.39, 0.29) is 12.5 Å². The normalized spacial score (nSPS) is 15.2. The van der Waals surface area contributed by atoms with Gasteiger partial charge in [0.25, 0.3) is 0 Å². The van der Waals surface area contributed by atoms with Gasteiger partial charge in [0, 0.05) is 21.7 Å². The minimum atomic E-state index is -0.728. The van der Waals surface area contributed by atoms with Crippen LogP contribution in [-0.2, 0) is 16.1 Å². The maximum atomic E-state index is 13.2. The molecule has 4 rings (SSSR count). The lowest BCUT2D eigenvalue weighted by Crippen LogP contribution is -2.43. The number of carbonyl (C=O) groups excluding carboxylic acids is 3. The first-order valence-electron chi connectivity index (χ1n) is 12.4. The van der Waals surface area contributed by atoms with Gasteiger partial charge in [0.05, 0.1) is 11.3 Å². The molecule has 8 nitrogen and oxygen atoms in total. The second-order valence-electron chi connectivity index (χ2n) is 10.0. The second kappa shape index (κ2) is 12.1. The van der Waals surface area contributed by atoms with Crippen molar-refractivity contribution in [1.29, 1.82) is 0 Å². The number of hydrogen-bond acceptors (Lipinski definition) is 5. The summed E-state index contributed by atoms with van der Waals surface area (Å²) >= 11 is 9.46. The zero-order valence-corrected chi connectivity index (χ0v) is 24.1. The van der Waals surface area contributed by atoms with Gasteiger partial charge in [-0.2, -0.15) is 0 Å². The van der Waals surface area contributed by atoms with E-state index >= 15 is 0 Å². The van der Waals surface area contributed by atoms with Crippen LogP contribution in [0.2, 0.25) is 5.02 Å². The predicted octanol–water partition coefficient (Wildman–Crippen LogP) is 6.56.